The van der Waals surface area contributed by atoms with Crippen molar-refractivity contribution in [2.45, 2.75) is 23.3 Å². The smallest absolute Gasteiger partial charge is 0.0169 e. The van der Waals surface area contributed by atoms with Gasteiger partial charge >= 0.3 is 0 Å². The van der Waals surface area contributed by atoms with Crippen LogP contribution in [-0.4, -0.2) is 35.1 Å². The molecule has 1 fully saturated rings. The summed E-state index contributed by atoms with van der Waals surface area (Å²) in [6, 6.07) is 0. The molecule has 13 heavy (non-hydrogen) atoms. The van der Waals surface area contributed by atoms with Crippen LogP contribution in [0.4, 0.5) is 0 Å². The Morgan fingerprint density at radius 2 is 1.85 bits per heavy atom. The van der Waals surface area contributed by atoms with Crippen molar-refractivity contribution in [2.75, 3.05) is 24.6 Å². The van der Waals surface area contributed by atoms with Crippen LogP contribution >= 0.6 is 46.4 Å². The lowest BCUT2D eigenvalue weighted by Crippen LogP contribution is -2.33. The van der Waals surface area contributed by atoms with E-state index in [1.807, 2.05) is 0 Å². The summed E-state index contributed by atoms with van der Waals surface area (Å²) in [5, 5.41) is 1.80. The van der Waals surface area contributed by atoms with Crippen molar-refractivity contribution in [1.82, 2.24) is 3.53 Å². The number of nitrogens with one attached hydrogen (secondary N) is 1. The van der Waals surface area contributed by atoms with Crippen molar-refractivity contribution in [1.29, 1.82) is 0 Å². The first kappa shape index (κ1) is 12.4. The van der Waals surface area contributed by atoms with Crippen LogP contribution in [0.15, 0.2) is 0 Å². The number of nitrogens with two attached hydrogens (primary N) is 1. The summed E-state index contributed by atoms with van der Waals surface area (Å²) in [7, 11) is 0. The van der Waals surface area contributed by atoms with Gasteiger partial charge < -0.3 is 5.73 Å². The predicted octanol–water partition coefficient (Wildman–Crippen LogP) is 1.88. The fraction of sp³-hybridized carbons (Fsp3) is 1.00. The van der Waals surface area contributed by atoms with Crippen LogP contribution in [0.1, 0.15) is 12.8 Å². The Kier molecular flexibility index (Phi) is 7.28. The lowest BCUT2D eigenvalue weighted by Gasteiger charge is -2.35. The quantitative estimate of drug-likeness (QED) is 0.424. The van der Waals surface area contributed by atoms with Gasteiger partial charge in [-0.1, -0.05) is 0 Å². The van der Waals surface area contributed by atoms with Crippen LogP contribution in [-0.2, 0) is 0 Å². The molecule has 0 aromatic rings. The molecular formula is C8H17IN2S2. The molecule has 0 radical (unpaired) electrons. The van der Waals surface area contributed by atoms with Crippen LogP contribution in [0.5, 0.6) is 0 Å². The second kappa shape index (κ2) is 7.62. The van der Waals surface area contributed by atoms with Gasteiger partial charge in [0, 0.05) is 58.0 Å². The molecule has 0 aromatic heterocycles. The third kappa shape index (κ3) is 4.59. The average molecular weight is 332 g/mol. The number of thioether (sulfide) groups is 2. The largest absolute Gasteiger partial charge is 0.330 e. The zero-order chi connectivity index (χ0) is 9.52. The molecular weight excluding hydrogens is 315 g/mol. The van der Waals surface area contributed by atoms with Crippen LogP contribution < -0.4 is 9.26 Å². The SMILES string of the molecule is NCCSC1CCC1SCCNI. The minimum absolute atomic E-state index is 0.827. The molecule has 0 bridgehead atoms. The van der Waals surface area contributed by atoms with Gasteiger partial charge in [0.2, 0.25) is 0 Å². The Bertz CT molecular complexity index is 137. The minimum Gasteiger partial charge on any atom is -0.330 e. The van der Waals surface area contributed by atoms with E-state index < -0.39 is 0 Å². The maximum atomic E-state index is 5.48. The van der Waals surface area contributed by atoms with Gasteiger partial charge in [-0.25, -0.2) is 0 Å². The first-order chi connectivity index (χ1) is 6.38. The summed E-state index contributed by atoms with van der Waals surface area (Å²) < 4.78 is 3.15. The number of rotatable bonds is 7. The van der Waals surface area contributed by atoms with Gasteiger partial charge in [-0.3, -0.25) is 3.53 Å². The van der Waals surface area contributed by atoms with E-state index >= 15 is 0 Å². The second-order valence-electron chi connectivity index (χ2n) is 3.07. The van der Waals surface area contributed by atoms with Crippen LogP contribution in [0.3, 0.4) is 0 Å². The molecule has 2 unspecified atom stereocenters. The lowest BCUT2D eigenvalue weighted by atomic mass is 9.99. The van der Waals surface area contributed by atoms with Gasteiger partial charge in [0.15, 0.2) is 0 Å². The molecule has 1 rings (SSSR count). The van der Waals surface area contributed by atoms with Crippen LogP contribution in [0.25, 0.3) is 0 Å². The fourth-order valence-corrected chi connectivity index (χ4v) is 4.66. The van der Waals surface area contributed by atoms with Crippen molar-refractivity contribution in [3.63, 3.8) is 0 Å². The zero-order valence-corrected chi connectivity index (χ0v) is 11.5. The first-order valence-electron chi connectivity index (χ1n) is 4.65. The summed E-state index contributed by atoms with van der Waals surface area (Å²) in [4.78, 5) is 0. The fourth-order valence-electron chi connectivity index (χ4n) is 1.29. The Morgan fingerprint density at radius 3 is 2.31 bits per heavy atom. The summed E-state index contributed by atoms with van der Waals surface area (Å²) in [5.74, 6) is 2.37. The van der Waals surface area contributed by atoms with E-state index in [-0.39, 0.29) is 0 Å². The van der Waals surface area contributed by atoms with Gasteiger partial charge in [0.25, 0.3) is 0 Å². The highest BCUT2D eigenvalue weighted by atomic mass is 127. The Labute approximate surface area is 103 Å². The van der Waals surface area contributed by atoms with E-state index in [4.69, 9.17) is 5.73 Å². The van der Waals surface area contributed by atoms with E-state index in [9.17, 15) is 0 Å². The van der Waals surface area contributed by atoms with Crippen LogP contribution in [0.2, 0.25) is 0 Å². The third-order valence-electron chi connectivity index (χ3n) is 2.13. The molecule has 2 nitrogen and oxygen atoms in total. The molecule has 0 amide bonds. The van der Waals surface area contributed by atoms with Crippen molar-refractivity contribution in [2.24, 2.45) is 5.73 Å². The maximum absolute atomic E-state index is 5.48. The highest BCUT2D eigenvalue weighted by Gasteiger charge is 2.30. The van der Waals surface area contributed by atoms with Gasteiger partial charge in [0.05, 0.1) is 0 Å². The van der Waals surface area contributed by atoms with Gasteiger partial charge in [0.1, 0.15) is 0 Å². The van der Waals surface area contributed by atoms with E-state index in [1.54, 1.807) is 0 Å². The lowest BCUT2D eigenvalue weighted by molar-refractivity contribution is 0.540. The zero-order valence-electron chi connectivity index (χ0n) is 7.67. The highest BCUT2D eigenvalue weighted by molar-refractivity contribution is 14.1. The van der Waals surface area contributed by atoms with Crippen molar-refractivity contribution < 1.29 is 0 Å². The third-order valence-corrected chi connectivity index (χ3v) is 5.74. The van der Waals surface area contributed by atoms with E-state index in [0.29, 0.717) is 0 Å². The normalized spacial score (nSPS) is 27.2. The number of hydrogen-bond donors (Lipinski definition) is 2. The summed E-state index contributed by atoms with van der Waals surface area (Å²) in [6.07, 6.45) is 2.81. The number of hydrogen-bond acceptors (Lipinski definition) is 4. The predicted molar refractivity (Wildman–Crippen MR) is 72.8 cm³/mol. The molecule has 0 saturated heterocycles. The van der Waals surface area contributed by atoms with Gasteiger partial charge in [-0.15, -0.1) is 0 Å². The summed E-state index contributed by atoms with van der Waals surface area (Å²) in [6.45, 7) is 1.95. The molecule has 0 aromatic carbocycles. The summed E-state index contributed by atoms with van der Waals surface area (Å²) >= 11 is 6.39. The Hall–Kier alpha value is 1.35. The summed E-state index contributed by atoms with van der Waals surface area (Å²) in [5.41, 5.74) is 5.48. The van der Waals surface area contributed by atoms with E-state index in [2.05, 4.69) is 49.9 Å². The molecule has 3 N–H and O–H groups in total. The van der Waals surface area contributed by atoms with Gasteiger partial charge in [-0.05, 0) is 12.8 Å². The van der Waals surface area contributed by atoms with E-state index in [0.717, 1.165) is 29.3 Å². The minimum atomic E-state index is 0.827. The monoisotopic (exact) mass is 332 g/mol. The first-order valence-corrected chi connectivity index (χ1v) is 7.83. The molecule has 0 heterocycles. The Balaban J connectivity index is 1.99. The van der Waals surface area contributed by atoms with Crippen molar-refractivity contribution >= 4 is 46.4 Å². The molecule has 1 aliphatic carbocycles. The second-order valence-corrected chi connectivity index (χ2v) is 6.53. The highest BCUT2D eigenvalue weighted by Crippen LogP contribution is 2.39. The molecule has 1 saturated carbocycles. The van der Waals surface area contributed by atoms with Crippen molar-refractivity contribution in [3.05, 3.63) is 0 Å². The molecule has 78 valence electrons. The van der Waals surface area contributed by atoms with Crippen LogP contribution in [0, 0.1) is 0 Å². The topological polar surface area (TPSA) is 38.0 Å². The standard InChI is InChI=1S/C8H17IN2S2/c9-11-4-6-13-8-2-1-7(8)12-5-3-10/h7-8,11H,1-6,10H2. The Morgan fingerprint density at radius 1 is 1.23 bits per heavy atom. The molecule has 0 aliphatic heterocycles. The maximum Gasteiger partial charge on any atom is 0.0169 e. The van der Waals surface area contributed by atoms with Crippen molar-refractivity contribution in [3.8, 4) is 0 Å². The molecule has 2 atom stereocenters. The molecule has 0 spiro atoms. The van der Waals surface area contributed by atoms with Gasteiger partial charge in [-0.2, -0.15) is 23.5 Å². The van der Waals surface area contributed by atoms with E-state index in [1.165, 1.54) is 18.6 Å². The number of halogens is 1. The molecule has 5 heteroatoms. The average Bonchev–Trinajstić information content (AvgIpc) is 2.11. The molecule has 1 aliphatic rings.